The van der Waals surface area contributed by atoms with Gasteiger partial charge < -0.3 is 0 Å². The molecule has 0 heterocycles. The summed E-state index contributed by atoms with van der Waals surface area (Å²) in [6, 6.07) is 0.409. The van der Waals surface area contributed by atoms with Gasteiger partial charge in [0.2, 0.25) is 0 Å². The van der Waals surface area contributed by atoms with E-state index in [9.17, 15) is 0 Å². The molecule has 0 bridgehead atoms. The van der Waals surface area contributed by atoms with Crippen LogP contribution in [0.15, 0.2) is 16.6 Å². The molecule has 1 nitrogen and oxygen atoms in total. The normalized spacial score (nSPS) is 17.0. The summed E-state index contributed by atoms with van der Waals surface area (Å²) in [6.07, 6.45) is 2.17. The van der Waals surface area contributed by atoms with Crippen molar-refractivity contribution in [3.05, 3.63) is 11.6 Å². The number of allylic oxidation sites excluding steroid dienone is 1. The third kappa shape index (κ3) is 3.70. The van der Waals surface area contributed by atoms with E-state index in [4.69, 9.17) is 0 Å². The molecule has 1 heteroatoms. The van der Waals surface area contributed by atoms with E-state index in [2.05, 4.69) is 38.8 Å². The van der Waals surface area contributed by atoms with Crippen LogP contribution in [0.2, 0.25) is 0 Å². The lowest BCUT2D eigenvalue weighted by Crippen LogP contribution is -2.13. The van der Waals surface area contributed by atoms with Crippen LogP contribution in [-0.4, -0.2) is 11.8 Å². The summed E-state index contributed by atoms with van der Waals surface area (Å²) in [4.78, 5) is 4.52. The van der Waals surface area contributed by atoms with E-state index in [1.165, 1.54) is 11.3 Å². The first-order chi connectivity index (χ1) is 5.49. The first kappa shape index (κ1) is 11.4. The summed E-state index contributed by atoms with van der Waals surface area (Å²) in [6.45, 7) is 12.8. The highest BCUT2D eigenvalue weighted by molar-refractivity contribution is 5.79. The summed E-state index contributed by atoms with van der Waals surface area (Å²) >= 11 is 0. The van der Waals surface area contributed by atoms with Gasteiger partial charge in [0.15, 0.2) is 0 Å². The Kier molecular flexibility index (Phi) is 4.87. The maximum atomic E-state index is 4.52. The van der Waals surface area contributed by atoms with Crippen molar-refractivity contribution >= 4 is 5.71 Å². The molecule has 0 spiro atoms. The Morgan fingerprint density at radius 2 is 1.67 bits per heavy atom. The summed E-state index contributed by atoms with van der Waals surface area (Å²) in [5, 5.41) is 0. The Labute approximate surface area is 76.6 Å². The minimum Gasteiger partial charge on any atom is -0.291 e. The minimum atomic E-state index is 0.409. The third-order valence-electron chi connectivity index (χ3n) is 2.36. The van der Waals surface area contributed by atoms with Crippen molar-refractivity contribution in [1.29, 1.82) is 0 Å². The fourth-order valence-corrected chi connectivity index (χ4v) is 1.16. The van der Waals surface area contributed by atoms with Crippen molar-refractivity contribution in [2.24, 2.45) is 10.9 Å². The summed E-state index contributed by atoms with van der Waals surface area (Å²) in [7, 11) is 0. The van der Waals surface area contributed by atoms with Crippen molar-refractivity contribution < 1.29 is 0 Å². The Hall–Kier alpha value is -0.590. The van der Waals surface area contributed by atoms with Crippen molar-refractivity contribution in [2.45, 2.75) is 47.6 Å². The van der Waals surface area contributed by atoms with Crippen LogP contribution in [0.5, 0.6) is 0 Å². The topological polar surface area (TPSA) is 12.4 Å². The molecule has 0 saturated heterocycles. The summed E-state index contributed by atoms with van der Waals surface area (Å²) in [5.74, 6) is 0.560. The average molecular weight is 167 g/mol. The molecule has 0 fully saturated rings. The molecule has 12 heavy (non-hydrogen) atoms. The standard InChI is InChI=1S/C11H21N/c1-7-9(4)10(5)11(6)12-8(2)3/h7,10-11H,1-6H3/b9-7+. The molecule has 0 aromatic rings. The zero-order chi connectivity index (χ0) is 9.72. The van der Waals surface area contributed by atoms with E-state index in [0.29, 0.717) is 12.0 Å². The van der Waals surface area contributed by atoms with Crippen LogP contribution in [0.1, 0.15) is 41.5 Å². The number of hydrogen-bond donors (Lipinski definition) is 0. The lowest BCUT2D eigenvalue weighted by Gasteiger charge is -2.17. The zero-order valence-corrected chi connectivity index (χ0v) is 9.18. The van der Waals surface area contributed by atoms with Crippen LogP contribution in [0.25, 0.3) is 0 Å². The molecule has 0 aromatic heterocycles. The van der Waals surface area contributed by atoms with Gasteiger partial charge in [0, 0.05) is 5.71 Å². The van der Waals surface area contributed by atoms with Gasteiger partial charge in [0.05, 0.1) is 6.04 Å². The monoisotopic (exact) mass is 167 g/mol. The van der Waals surface area contributed by atoms with Gasteiger partial charge in [-0.1, -0.05) is 18.6 Å². The third-order valence-corrected chi connectivity index (χ3v) is 2.36. The number of nitrogens with zero attached hydrogens (tertiary/aromatic N) is 1. The van der Waals surface area contributed by atoms with Crippen LogP contribution in [-0.2, 0) is 0 Å². The van der Waals surface area contributed by atoms with Crippen molar-refractivity contribution in [2.75, 3.05) is 0 Å². The summed E-state index contributed by atoms with van der Waals surface area (Å²) in [5.41, 5.74) is 2.59. The molecule has 70 valence electrons. The van der Waals surface area contributed by atoms with Gasteiger partial charge in [-0.3, -0.25) is 4.99 Å². The van der Waals surface area contributed by atoms with Crippen molar-refractivity contribution in [1.82, 2.24) is 0 Å². The van der Waals surface area contributed by atoms with E-state index in [0.717, 1.165) is 0 Å². The molecule has 0 radical (unpaired) electrons. The van der Waals surface area contributed by atoms with Gasteiger partial charge in [-0.2, -0.15) is 0 Å². The lowest BCUT2D eigenvalue weighted by molar-refractivity contribution is 0.555. The van der Waals surface area contributed by atoms with Crippen LogP contribution in [0.4, 0.5) is 0 Å². The highest BCUT2D eigenvalue weighted by Gasteiger charge is 2.11. The van der Waals surface area contributed by atoms with E-state index in [1.807, 2.05) is 13.8 Å². The zero-order valence-electron chi connectivity index (χ0n) is 9.18. The Balaban J connectivity index is 4.29. The van der Waals surface area contributed by atoms with Gasteiger partial charge >= 0.3 is 0 Å². The SMILES string of the molecule is C/C=C(\C)C(C)C(C)N=C(C)C. The Morgan fingerprint density at radius 1 is 1.17 bits per heavy atom. The van der Waals surface area contributed by atoms with Gasteiger partial charge in [-0.25, -0.2) is 0 Å². The molecular formula is C11H21N. The molecule has 0 aliphatic heterocycles. The van der Waals surface area contributed by atoms with Gasteiger partial charge in [-0.05, 0) is 40.5 Å². The molecule has 0 rings (SSSR count). The predicted octanol–water partition coefficient (Wildman–Crippen LogP) is 3.46. The molecular weight excluding hydrogens is 146 g/mol. The molecule has 0 aliphatic carbocycles. The van der Waals surface area contributed by atoms with Crippen LogP contribution in [0, 0.1) is 5.92 Å². The Morgan fingerprint density at radius 3 is 2.00 bits per heavy atom. The molecule has 0 amide bonds. The molecule has 0 aromatic carbocycles. The maximum Gasteiger partial charge on any atom is 0.0533 e. The second kappa shape index (κ2) is 5.13. The van der Waals surface area contributed by atoms with E-state index >= 15 is 0 Å². The molecule has 0 aliphatic rings. The lowest BCUT2D eigenvalue weighted by atomic mass is 9.95. The second-order valence-corrected chi connectivity index (χ2v) is 3.64. The molecule has 2 atom stereocenters. The van der Waals surface area contributed by atoms with Gasteiger partial charge in [0.25, 0.3) is 0 Å². The fraction of sp³-hybridized carbons (Fsp3) is 0.727. The first-order valence-electron chi connectivity index (χ1n) is 4.62. The van der Waals surface area contributed by atoms with E-state index in [1.54, 1.807) is 0 Å². The molecule has 2 unspecified atom stereocenters. The van der Waals surface area contributed by atoms with Crippen LogP contribution >= 0.6 is 0 Å². The first-order valence-corrected chi connectivity index (χ1v) is 4.62. The minimum absolute atomic E-state index is 0.409. The second-order valence-electron chi connectivity index (χ2n) is 3.64. The van der Waals surface area contributed by atoms with E-state index in [-0.39, 0.29) is 0 Å². The van der Waals surface area contributed by atoms with Crippen molar-refractivity contribution in [3.8, 4) is 0 Å². The van der Waals surface area contributed by atoms with Crippen molar-refractivity contribution in [3.63, 3.8) is 0 Å². The number of rotatable bonds is 3. The molecule has 0 N–H and O–H groups in total. The quantitative estimate of drug-likeness (QED) is 0.451. The van der Waals surface area contributed by atoms with Crippen LogP contribution in [0.3, 0.4) is 0 Å². The highest BCUT2D eigenvalue weighted by atomic mass is 14.8. The van der Waals surface area contributed by atoms with Gasteiger partial charge in [0.1, 0.15) is 0 Å². The Bertz CT molecular complexity index is 185. The van der Waals surface area contributed by atoms with Gasteiger partial charge in [-0.15, -0.1) is 0 Å². The smallest absolute Gasteiger partial charge is 0.0533 e. The maximum absolute atomic E-state index is 4.52. The largest absolute Gasteiger partial charge is 0.291 e. The fourth-order valence-electron chi connectivity index (χ4n) is 1.16. The summed E-state index contributed by atoms with van der Waals surface area (Å²) < 4.78 is 0. The average Bonchev–Trinajstić information content (AvgIpc) is 2.00. The molecule has 0 saturated carbocycles. The number of aliphatic imine (C=N–C) groups is 1. The van der Waals surface area contributed by atoms with E-state index < -0.39 is 0 Å². The van der Waals surface area contributed by atoms with Crippen LogP contribution < -0.4 is 0 Å². The number of hydrogen-bond acceptors (Lipinski definition) is 1. The highest BCUT2D eigenvalue weighted by Crippen LogP contribution is 2.16. The predicted molar refractivity (Wildman–Crippen MR) is 56.8 cm³/mol.